The summed E-state index contributed by atoms with van der Waals surface area (Å²) in [6.45, 7) is 0. The Hall–Kier alpha value is -2.26. The Balaban J connectivity index is 2.14. The van der Waals surface area contributed by atoms with Gasteiger partial charge in [-0.1, -0.05) is 30.3 Å². The molecule has 1 atom stereocenters. The number of benzene rings is 1. The number of carbonyl (C=O) groups is 1. The number of nitrogens with one attached hydrogen (secondary N) is 1. The molecule has 0 bridgehead atoms. The van der Waals surface area contributed by atoms with Crippen molar-refractivity contribution in [2.45, 2.75) is 5.92 Å². The molecule has 1 unspecified atom stereocenters. The Morgan fingerprint density at radius 2 is 2.00 bits per heavy atom. The summed E-state index contributed by atoms with van der Waals surface area (Å²) in [6.07, 6.45) is 2.89. The number of hydrogen-bond donors (Lipinski definition) is 1. The van der Waals surface area contributed by atoms with E-state index in [9.17, 15) is 4.79 Å². The van der Waals surface area contributed by atoms with Gasteiger partial charge in [0, 0.05) is 0 Å². The molecule has 0 fully saturated rings. The molecule has 0 spiro atoms. The molecule has 1 aromatic heterocycles. The third kappa shape index (κ3) is 3.36. The summed E-state index contributed by atoms with van der Waals surface area (Å²) in [6, 6.07) is 10.9. The van der Waals surface area contributed by atoms with Gasteiger partial charge in [0.25, 0.3) is 0 Å². The molecule has 5 nitrogen and oxygen atoms in total. The Labute approximate surface area is 118 Å². The molecule has 19 heavy (non-hydrogen) atoms. The Bertz CT molecular complexity index is 607. The number of aromatic nitrogens is 2. The Kier molecular flexibility index (Phi) is 4.21. The lowest BCUT2D eigenvalue weighted by Crippen LogP contribution is -2.20. The first-order valence-corrected chi connectivity index (χ1v) is 6.23. The minimum absolute atomic E-state index is 0.310. The zero-order chi connectivity index (χ0) is 13.7. The van der Waals surface area contributed by atoms with Gasteiger partial charge in [-0.25, -0.2) is 9.97 Å². The van der Waals surface area contributed by atoms with Gasteiger partial charge in [0.15, 0.2) is 11.7 Å². The van der Waals surface area contributed by atoms with Gasteiger partial charge in [-0.2, -0.15) is 5.26 Å². The van der Waals surface area contributed by atoms with Crippen molar-refractivity contribution in [2.75, 3.05) is 5.32 Å². The van der Waals surface area contributed by atoms with Gasteiger partial charge in [0.2, 0.25) is 5.91 Å². The van der Waals surface area contributed by atoms with Crippen molar-refractivity contribution >= 4 is 27.7 Å². The molecule has 94 valence electrons. The van der Waals surface area contributed by atoms with Crippen molar-refractivity contribution in [1.29, 1.82) is 5.26 Å². The van der Waals surface area contributed by atoms with Gasteiger partial charge in [0.1, 0.15) is 4.60 Å². The molecule has 1 N–H and O–H groups in total. The lowest BCUT2D eigenvalue weighted by molar-refractivity contribution is -0.116. The van der Waals surface area contributed by atoms with E-state index in [1.807, 2.05) is 12.1 Å². The molecule has 0 saturated heterocycles. The maximum atomic E-state index is 12.0. The van der Waals surface area contributed by atoms with E-state index in [0.717, 1.165) is 0 Å². The largest absolute Gasteiger partial charge is 0.308 e. The molecule has 0 aliphatic rings. The van der Waals surface area contributed by atoms with Crippen molar-refractivity contribution in [3.63, 3.8) is 0 Å². The van der Waals surface area contributed by atoms with Crippen LogP contribution in [0.5, 0.6) is 0 Å². The van der Waals surface area contributed by atoms with Crippen LogP contribution in [0.4, 0.5) is 5.82 Å². The van der Waals surface area contributed by atoms with E-state index >= 15 is 0 Å². The average molecular weight is 317 g/mol. The minimum atomic E-state index is -0.869. The zero-order valence-corrected chi connectivity index (χ0v) is 11.3. The molecule has 0 radical (unpaired) electrons. The van der Waals surface area contributed by atoms with Crippen LogP contribution in [0.2, 0.25) is 0 Å². The molecule has 1 heterocycles. The summed E-state index contributed by atoms with van der Waals surface area (Å²) in [5, 5.41) is 11.7. The summed E-state index contributed by atoms with van der Waals surface area (Å²) >= 11 is 3.15. The van der Waals surface area contributed by atoms with E-state index in [1.165, 1.54) is 12.4 Å². The Morgan fingerprint density at radius 3 is 2.58 bits per heavy atom. The normalized spacial score (nSPS) is 11.4. The van der Waals surface area contributed by atoms with Crippen LogP contribution < -0.4 is 5.32 Å². The summed E-state index contributed by atoms with van der Waals surface area (Å²) in [5.41, 5.74) is 0.646. The van der Waals surface area contributed by atoms with Crippen LogP contribution in [0.15, 0.2) is 47.3 Å². The van der Waals surface area contributed by atoms with E-state index in [2.05, 4.69) is 31.2 Å². The highest BCUT2D eigenvalue weighted by molar-refractivity contribution is 9.10. The van der Waals surface area contributed by atoms with Crippen LogP contribution in [-0.2, 0) is 4.79 Å². The highest BCUT2D eigenvalue weighted by atomic mass is 79.9. The monoisotopic (exact) mass is 316 g/mol. The molecular formula is C13H9BrN4O. The fraction of sp³-hybridized carbons (Fsp3) is 0.0769. The summed E-state index contributed by atoms with van der Waals surface area (Å²) in [5.74, 6) is -0.985. The summed E-state index contributed by atoms with van der Waals surface area (Å²) in [4.78, 5) is 19.9. The van der Waals surface area contributed by atoms with E-state index in [0.29, 0.717) is 16.0 Å². The molecule has 1 aromatic carbocycles. The Morgan fingerprint density at radius 1 is 1.26 bits per heavy atom. The summed E-state index contributed by atoms with van der Waals surface area (Å²) < 4.78 is 0.574. The second-order valence-electron chi connectivity index (χ2n) is 3.69. The van der Waals surface area contributed by atoms with Crippen LogP contribution in [0.25, 0.3) is 0 Å². The number of carbonyl (C=O) groups excluding carboxylic acids is 1. The molecular weight excluding hydrogens is 308 g/mol. The van der Waals surface area contributed by atoms with E-state index in [-0.39, 0.29) is 0 Å². The predicted octanol–water partition coefficient (Wildman–Crippen LogP) is 2.48. The lowest BCUT2D eigenvalue weighted by atomic mass is 10.00. The zero-order valence-electron chi connectivity index (χ0n) is 9.75. The second kappa shape index (κ2) is 6.07. The van der Waals surface area contributed by atoms with Gasteiger partial charge in [-0.05, 0) is 21.5 Å². The third-order valence-electron chi connectivity index (χ3n) is 2.40. The van der Waals surface area contributed by atoms with Crippen LogP contribution in [0.1, 0.15) is 11.5 Å². The predicted molar refractivity (Wildman–Crippen MR) is 73.2 cm³/mol. The maximum Gasteiger partial charge on any atom is 0.247 e. The van der Waals surface area contributed by atoms with E-state index in [1.54, 1.807) is 24.3 Å². The number of halogens is 1. The van der Waals surface area contributed by atoms with Crippen LogP contribution in [-0.4, -0.2) is 15.9 Å². The highest BCUT2D eigenvalue weighted by Crippen LogP contribution is 2.16. The number of rotatable bonds is 3. The highest BCUT2D eigenvalue weighted by Gasteiger charge is 2.20. The fourth-order valence-electron chi connectivity index (χ4n) is 1.51. The van der Waals surface area contributed by atoms with Gasteiger partial charge in [-0.15, -0.1) is 0 Å². The number of anilines is 1. The number of amides is 1. The molecule has 1 amide bonds. The maximum absolute atomic E-state index is 12.0. The first-order chi connectivity index (χ1) is 9.20. The first kappa shape index (κ1) is 13.2. The molecule has 2 aromatic rings. The quantitative estimate of drug-likeness (QED) is 0.943. The lowest BCUT2D eigenvalue weighted by Gasteiger charge is -2.09. The second-order valence-corrected chi connectivity index (χ2v) is 4.50. The van der Waals surface area contributed by atoms with Crippen LogP contribution in [0, 0.1) is 11.3 Å². The fourth-order valence-corrected chi connectivity index (χ4v) is 1.71. The summed E-state index contributed by atoms with van der Waals surface area (Å²) in [7, 11) is 0. The van der Waals surface area contributed by atoms with Gasteiger partial charge >= 0.3 is 0 Å². The van der Waals surface area contributed by atoms with Crippen molar-refractivity contribution in [3.05, 3.63) is 52.9 Å². The van der Waals surface area contributed by atoms with Crippen LogP contribution >= 0.6 is 15.9 Å². The average Bonchev–Trinajstić information content (AvgIpc) is 2.43. The SMILES string of the molecule is N#CC(C(=O)Nc1cnc(Br)cn1)c1ccccc1. The van der Waals surface area contributed by atoms with Gasteiger partial charge in [-0.3, -0.25) is 4.79 Å². The number of nitriles is 1. The van der Waals surface area contributed by atoms with E-state index in [4.69, 9.17) is 5.26 Å². The van der Waals surface area contributed by atoms with Crippen LogP contribution in [0.3, 0.4) is 0 Å². The first-order valence-electron chi connectivity index (χ1n) is 5.43. The molecule has 0 aliphatic heterocycles. The van der Waals surface area contributed by atoms with Crippen molar-refractivity contribution in [3.8, 4) is 6.07 Å². The standard InChI is InChI=1S/C13H9BrN4O/c14-11-7-17-12(8-16-11)18-13(19)10(6-15)9-4-2-1-3-5-9/h1-5,7-8,10H,(H,17,18,19). The topological polar surface area (TPSA) is 78.7 Å². The molecule has 0 saturated carbocycles. The van der Waals surface area contributed by atoms with Gasteiger partial charge in [0.05, 0.1) is 18.5 Å². The molecule has 0 aliphatic carbocycles. The van der Waals surface area contributed by atoms with Crippen molar-refractivity contribution in [1.82, 2.24) is 9.97 Å². The van der Waals surface area contributed by atoms with E-state index < -0.39 is 11.8 Å². The smallest absolute Gasteiger partial charge is 0.247 e. The number of hydrogen-bond acceptors (Lipinski definition) is 4. The minimum Gasteiger partial charge on any atom is -0.308 e. The van der Waals surface area contributed by atoms with Crippen molar-refractivity contribution < 1.29 is 4.79 Å². The van der Waals surface area contributed by atoms with Gasteiger partial charge < -0.3 is 5.32 Å². The number of nitrogens with zero attached hydrogens (tertiary/aromatic N) is 3. The third-order valence-corrected chi connectivity index (χ3v) is 2.81. The molecule has 2 rings (SSSR count). The van der Waals surface area contributed by atoms with Crippen molar-refractivity contribution in [2.24, 2.45) is 0 Å². The molecule has 6 heteroatoms.